The second-order valence-electron chi connectivity index (χ2n) is 8.36. The number of carbonyl (C=O) groups is 1. The summed E-state index contributed by atoms with van der Waals surface area (Å²) in [5.74, 6) is 0.291. The Kier molecular flexibility index (Phi) is 5.55. The van der Waals surface area contributed by atoms with Crippen LogP contribution in [0.1, 0.15) is 50.6 Å². The molecule has 1 amide bonds. The van der Waals surface area contributed by atoms with Gasteiger partial charge in [0.05, 0.1) is 18.3 Å². The zero-order chi connectivity index (χ0) is 17.8. The minimum atomic E-state index is 0.291. The number of hydrogen-bond donors (Lipinski definition) is 0. The van der Waals surface area contributed by atoms with Crippen molar-refractivity contribution in [1.29, 1.82) is 0 Å². The van der Waals surface area contributed by atoms with Crippen LogP contribution in [0.2, 0.25) is 0 Å². The molecule has 4 rings (SSSR count). The predicted molar refractivity (Wildman–Crippen MR) is 101 cm³/mol. The van der Waals surface area contributed by atoms with Gasteiger partial charge in [-0.25, -0.2) is 0 Å². The fourth-order valence-electron chi connectivity index (χ4n) is 4.79. The first kappa shape index (κ1) is 17.9. The number of nitrogens with zero attached hydrogens (tertiary/aromatic N) is 3. The number of hydrogen-bond acceptors (Lipinski definition) is 4. The van der Waals surface area contributed by atoms with Crippen molar-refractivity contribution >= 4 is 5.91 Å². The topological polar surface area (TPSA) is 45.7 Å². The van der Waals surface area contributed by atoms with Gasteiger partial charge in [0.15, 0.2) is 0 Å². The van der Waals surface area contributed by atoms with Gasteiger partial charge in [0.25, 0.3) is 0 Å². The van der Waals surface area contributed by atoms with Crippen molar-refractivity contribution in [2.45, 2.75) is 57.6 Å². The summed E-state index contributed by atoms with van der Waals surface area (Å²) >= 11 is 0. The highest BCUT2D eigenvalue weighted by Crippen LogP contribution is 2.40. The van der Waals surface area contributed by atoms with Crippen molar-refractivity contribution in [3.63, 3.8) is 0 Å². The Morgan fingerprint density at radius 2 is 2.08 bits per heavy atom. The number of ether oxygens (including phenoxy) is 1. The van der Waals surface area contributed by atoms with Gasteiger partial charge < -0.3 is 14.5 Å². The van der Waals surface area contributed by atoms with E-state index in [0.29, 0.717) is 30.4 Å². The molecule has 0 aromatic carbocycles. The Morgan fingerprint density at radius 1 is 1.19 bits per heavy atom. The van der Waals surface area contributed by atoms with Crippen molar-refractivity contribution in [3.05, 3.63) is 30.1 Å². The van der Waals surface area contributed by atoms with Crippen molar-refractivity contribution in [2.24, 2.45) is 5.41 Å². The first-order valence-corrected chi connectivity index (χ1v) is 10.2. The Balaban J connectivity index is 1.32. The van der Waals surface area contributed by atoms with Gasteiger partial charge in [0, 0.05) is 32.3 Å². The second kappa shape index (κ2) is 8.05. The standard InChI is InChI=1S/C21H31N3O2/c25-20-7-8-21(17-24(20)15-18-5-1-3-11-22-18)9-12-23(13-10-21)16-19-6-2-4-14-26-19/h1,3,5,11,19H,2,4,6-10,12-17H2/t19-/m0/s1. The van der Waals surface area contributed by atoms with E-state index < -0.39 is 0 Å². The minimum Gasteiger partial charge on any atom is -0.377 e. The van der Waals surface area contributed by atoms with E-state index in [1.807, 2.05) is 29.3 Å². The van der Waals surface area contributed by atoms with E-state index in [2.05, 4.69) is 9.88 Å². The number of rotatable bonds is 4. The summed E-state index contributed by atoms with van der Waals surface area (Å²) in [5.41, 5.74) is 1.30. The number of pyridine rings is 1. The molecule has 5 heteroatoms. The molecule has 0 saturated carbocycles. The van der Waals surface area contributed by atoms with E-state index in [1.165, 1.54) is 32.1 Å². The van der Waals surface area contributed by atoms with E-state index in [4.69, 9.17) is 4.74 Å². The van der Waals surface area contributed by atoms with Crippen LogP contribution in [0.15, 0.2) is 24.4 Å². The van der Waals surface area contributed by atoms with Gasteiger partial charge in [-0.15, -0.1) is 0 Å². The first-order chi connectivity index (χ1) is 12.7. The summed E-state index contributed by atoms with van der Waals surface area (Å²) in [5, 5.41) is 0. The quantitative estimate of drug-likeness (QED) is 0.831. The molecule has 1 spiro atoms. The average molecular weight is 357 g/mol. The van der Waals surface area contributed by atoms with Gasteiger partial charge in [-0.3, -0.25) is 9.78 Å². The van der Waals surface area contributed by atoms with Crippen LogP contribution in [0.25, 0.3) is 0 Å². The molecule has 3 saturated heterocycles. The number of aromatic nitrogens is 1. The van der Waals surface area contributed by atoms with Crippen LogP contribution in [-0.2, 0) is 16.1 Å². The summed E-state index contributed by atoms with van der Waals surface area (Å²) in [6.45, 7) is 5.87. The summed E-state index contributed by atoms with van der Waals surface area (Å²) in [7, 11) is 0. The molecule has 5 nitrogen and oxygen atoms in total. The number of carbonyl (C=O) groups excluding carboxylic acids is 1. The lowest BCUT2D eigenvalue weighted by molar-refractivity contribution is -0.140. The van der Waals surface area contributed by atoms with Crippen molar-refractivity contribution in [2.75, 3.05) is 32.8 Å². The first-order valence-electron chi connectivity index (χ1n) is 10.2. The molecular formula is C21H31N3O2. The Bertz CT molecular complexity index is 593. The molecule has 3 aliphatic rings. The van der Waals surface area contributed by atoms with Gasteiger partial charge >= 0.3 is 0 Å². The fraction of sp³-hybridized carbons (Fsp3) is 0.714. The minimum absolute atomic E-state index is 0.291. The Labute approximate surface area is 156 Å². The van der Waals surface area contributed by atoms with E-state index in [1.54, 1.807) is 0 Å². The lowest BCUT2D eigenvalue weighted by Gasteiger charge is -2.48. The highest BCUT2D eigenvalue weighted by atomic mass is 16.5. The molecule has 3 aliphatic heterocycles. The van der Waals surface area contributed by atoms with Gasteiger partial charge in [0.1, 0.15) is 0 Å². The summed E-state index contributed by atoms with van der Waals surface area (Å²) < 4.78 is 5.91. The molecule has 142 valence electrons. The molecule has 0 N–H and O–H groups in total. The highest BCUT2D eigenvalue weighted by molar-refractivity contribution is 5.77. The fourth-order valence-corrected chi connectivity index (χ4v) is 4.79. The summed E-state index contributed by atoms with van der Waals surface area (Å²) in [6, 6.07) is 5.94. The lowest BCUT2D eigenvalue weighted by Crippen LogP contribution is -2.52. The van der Waals surface area contributed by atoms with Crippen LogP contribution in [0, 0.1) is 5.41 Å². The maximum absolute atomic E-state index is 12.4. The second-order valence-corrected chi connectivity index (χ2v) is 8.36. The van der Waals surface area contributed by atoms with Crippen LogP contribution >= 0.6 is 0 Å². The SMILES string of the molecule is O=C1CCC2(CCN(C[C@@H]3CCCCO3)CC2)CN1Cc1ccccn1. The molecule has 0 radical (unpaired) electrons. The number of piperidine rings is 2. The van der Waals surface area contributed by atoms with Crippen LogP contribution in [0.5, 0.6) is 0 Å². The molecule has 3 fully saturated rings. The third-order valence-electron chi connectivity index (χ3n) is 6.48. The average Bonchev–Trinajstić information content (AvgIpc) is 2.69. The molecule has 0 bridgehead atoms. The Hall–Kier alpha value is -1.46. The molecule has 1 aromatic rings. The lowest BCUT2D eigenvalue weighted by atomic mass is 9.72. The van der Waals surface area contributed by atoms with Crippen molar-refractivity contribution < 1.29 is 9.53 Å². The third-order valence-corrected chi connectivity index (χ3v) is 6.48. The number of likely N-dealkylation sites (tertiary alicyclic amines) is 2. The van der Waals surface area contributed by atoms with Gasteiger partial charge in [-0.2, -0.15) is 0 Å². The smallest absolute Gasteiger partial charge is 0.222 e. The largest absolute Gasteiger partial charge is 0.377 e. The zero-order valence-corrected chi connectivity index (χ0v) is 15.7. The van der Waals surface area contributed by atoms with Crippen LogP contribution < -0.4 is 0 Å². The van der Waals surface area contributed by atoms with Crippen LogP contribution in [0.4, 0.5) is 0 Å². The highest BCUT2D eigenvalue weighted by Gasteiger charge is 2.41. The summed E-state index contributed by atoms with van der Waals surface area (Å²) in [4.78, 5) is 21.5. The maximum atomic E-state index is 12.4. The molecule has 26 heavy (non-hydrogen) atoms. The molecule has 1 atom stereocenters. The van der Waals surface area contributed by atoms with E-state index in [0.717, 1.165) is 44.9 Å². The third kappa shape index (κ3) is 4.26. The normalized spacial score (nSPS) is 27.0. The predicted octanol–water partition coefficient (Wildman–Crippen LogP) is 2.86. The van der Waals surface area contributed by atoms with Gasteiger partial charge in [0.2, 0.25) is 5.91 Å². The van der Waals surface area contributed by atoms with Gasteiger partial charge in [-0.1, -0.05) is 6.07 Å². The molecule has 1 aromatic heterocycles. The molecule has 0 unspecified atom stereocenters. The van der Waals surface area contributed by atoms with Crippen LogP contribution in [-0.4, -0.2) is 59.6 Å². The maximum Gasteiger partial charge on any atom is 0.222 e. The van der Waals surface area contributed by atoms with Crippen molar-refractivity contribution in [3.8, 4) is 0 Å². The van der Waals surface area contributed by atoms with Crippen molar-refractivity contribution in [1.82, 2.24) is 14.8 Å². The van der Waals surface area contributed by atoms with Gasteiger partial charge in [-0.05, 0) is 69.2 Å². The molecule has 0 aliphatic carbocycles. The summed E-state index contributed by atoms with van der Waals surface area (Å²) in [6.07, 6.45) is 10.1. The Morgan fingerprint density at radius 3 is 2.81 bits per heavy atom. The van der Waals surface area contributed by atoms with E-state index >= 15 is 0 Å². The number of amides is 1. The zero-order valence-electron chi connectivity index (χ0n) is 15.7. The van der Waals surface area contributed by atoms with E-state index in [9.17, 15) is 4.79 Å². The molecule has 4 heterocycles. The monoisotopic (exact) mass is 357 g/mol. The van der Waals surface area contributed by atoms with Crippen LogP contribution in [0.3, 0.4) is 0 Å². The van der Waals surface area contributed by atoms with E-state index in [-0.39, 0.29) is 0 Å². The molecular weight excluding hydrogens is 326 g/mol.